The fourth-order valence-corrected chi connectivity index (χ4v) is 6.10. The number of rotatable bonds is 9. The summed E-state index contributed by atoms with van der Waals surface area (Å²) >= 11 is 0. The van der Waals surface area contributed by atoms with Gasteiger partial charge in [0.15, 0.2) is 0 Å². The first-order chi connectivity index (χ1) is 8.80. The van der Waals surface area contributed by atoms with Gasteiger partial charge in [0, 0.05) is 41.3 Å². The molecule has 0 heterocycles. The zero-order chi connectivity index (χ0) is 15.2. The van der Waals surface area contributed by atoms with Gasteiger partial charge in [-0.1, -0.05) is 0 Å². The van der Waals surface area contributed by atoms with Crippen molar-refractivity contribution in [1.82, 2.24) is 0 Å². The fourth-order valence-electron chi connectivity index (χ4n) is 1.59. The van der Waals surface area contributed by atoms with E-state index in [0.29, 0.717) is 6.42 Å². The summed E-state index contributed by atoms with van der Waals surface area (Å²) in [5, 5.41) is 8.17. The number of hydrogen-bond acceptors (Lipinski definition) is 7. The van der Waals surface area contributed by atoms with Crippen LogP contribution >= 0.6 is 15.2 Å². The number of hydrogen-bond donors (Lipinski definition) is 1. The third-order valence-electron chi connectivity index (χ3n) is 2.67. The van der Waals surface area contributed by atoms with Gasteiger partial charge in [0.05, 0.1) is 0 Å². The highest BCUT2D eigenvalue weighted by Gasteiger charge is 2.63. The maximum Gasteiger partial charge on any atom is 0.374 e. The van der Waals surface area contributed by atoms with Crippen LogP contribution in [0.3, 0.4) is 0 Å². The van der Waals surface area contributed by atoms with Crippen molar-refractivity contribution in [2.75, 3.05) is 28.4 Å². The zero-order valence-electron chi connectivity index (χ0n) is 11.5. The molecule has 0 aromatic heterocycles. The van der Waals surface area contributed by atoms with E-state index in [1.165, 1.54) is 0 Å². The molecular formula is C10H20O7P2. The Hall–Kier alpha value is -0.180. The predicted octanol–water partition coefficient (Wildman–Crippen LogP) is 2.41. The molecule has 0 bridgehead atoms. The molecule has 7 nitrogen and oxygen atoms in total. The topological polar surface area (TPSA) is 91.3 Å². The molecule has 0 rings (SSSR count). The van der Waals surface area contributed by atoms with Crippen LogP contribution in [0.2, 0.25) is 0 Å². The Morgan fingerprint density at radius 1 is 1.05 bits per heavy atom. The predicted molar refractivity (Wildman–Crippen MR) is 70.9 cm³/mol. The third kappa shape index (κ3) is 3.48. The van der Waals surface area contributed by atoms with Gasteiger partial charge in [-0.2, -0.15) is 0 Å². The van der Waals surface area contributed by atoms with Crippen LogP contribution in [0.5, 0.6) is 0 Å². The SMILES string of the molecule is C#CCCCC(O)(P(=O)(OC)OC)P(=O)(OC)OC. The summed E-state index contributed by atoms with van der Waals surface area (Å²) in [6.45, 7) is 0. The molecule has 0 saturated carbocycles. The normalized spacial score (nSPS) is 13.3. The molecule has 0 aliphatic carbocycles. The molecule has 0 aliphatic heterocycles. The number of terminal acetylenes is 1. The molecule has 0 unspecified atom stereocenters. The molecule has 0 atom stereocenters. The van der Waals surface area contributed by atoms with E-state index in [2.05, 4.69) is 5.92 Å². The lowest BCUT2D eigenvalue weighted by atomic mass is 10.2. The summed E-state index contributed by atoms with van der Waals surface area (Å²) in [7, 11) is -3.95. The number of aliphatic hydroxyl groups is 1. The maximum atomic E-state index is 12.5. The Kier molecular flexibility index (Phi) is 7.49. The van der Waals surface area contributed by atoms with Crippen molar-refractivity contribution in [3.8, 4) is 12.3 Å². The Morgan fingerprint density at radius 3 is 1.68 bits per heavy atom. The molecule has 0 aromatic rings. The summed E-state index contributed by atoms with van der Waals surface area (Å²) < 4.78 is 43.8. The van der Waals surface area contributed by atoms with Gasteiger partial charge in [0.25, 0.3) is 5.08 Å². The molecule has 1 N–H and O–H groups in total. The summed E-state index contributed by atoms with van der Waals surface area (Å²) in [6.07, 6.45) is 5.44. The quantitative estimate of drug-likeness (QED) is 0.397. The van der Waals surface area contributed by atoms with E-state index >= 15 is 0 Å². The van der Waals surface area contributed by atoms with Crippen molar-refractivity contribution in [2.45, 2.75) is 24.3 Å². The summed E-state index contributed by atoms with van der Waals surface area (Å²) in [4.78, 5) is 0. The van der Waals surface area contributed by atoms with Crippen LogP contribution in [0.1, 0.15) is 19.3 Å². The van der Waals surface area contributed by atoms with Gasteiger partial charge < -0.3 is 23.2 Å². The van der Waals surface area contributed by atoms with Gasteiger partial charge in [-0.3, -0.25) is 9.13 Å². The lowest BCUT2D eigenvalue weighted by molar-refractivity contribution is 0.0959. The molecule has 0 spiro atoms. The highest BCUT2D eigenvalue weighted by Crippen LogP contribution is 2.77. The number of unbranched alkanes of at least 4 members (excludes halogenated alkanes) is 1. The molecule has 0 amide bonds. The molecule has 0 saturated heterocycles. The first kappa shape index (κ1) is 18.8. The Morgan fingerprint density at radius 2 is 1.42 bits per heavy atom. The lowest BCUT2D eigenvalue weighted by Gasteiger charge is -2.36. The van der Waals surface area contributed by atoms with Crippen LogP contribution in [-0.4, -0.2) is 38.6 Å². The first-order valence-corrected chi connectivity index (χ1v) is 8.48. The van der Waals surface area contributed by atoms with Crippen LogP contribution in [0, 0.1) is 12.3 Å². The second-order valence-corrected chi connectivity index (χ2v) is 8.84. The van der Waals surface area contributed by atoms with Crippen molar-refractivity contribution in [3.63, 3.8) is 0 Å². The summed E-state index contributed by atoms with van der Waals surface area (Å²) in [6, 6.07) is 0. The van der Waals surface area contributed by atoms with E-state index in [1.807, 2.05) is 0 Å². The van der Waals surface area contributed by atoms with Crippen molar-refractivity contribution >= 4 is 15.2 Å². The second kappa shape index (κ2) is 7.56. The smallest absolute Gasteiger partial charge is 0.368 e. The van der Waals surface area contributed by atoms with Gasteiger partial charge >= 0.3 is 15.2 Å². The van der Waals surface area contributed by atoms with E-state index in [-0.39, 0.29) is 12.8 Å². The van der Waals surface area contributed by atoms with E-state index in [9.17, 15) is 14.2 Å². The molecule has 0 aliphatic rings. The molecule has 0 aromatic carbocycles. The Bertz CT molecular complexity index is 373. The van der Waals surface area contributed by atoms with Gasteiger partial charge in [-0.25, -0.2) is 0 Å². The van der Waals surface area contributed by atoms with Crippen LogP contribution in [0.4, 0.5) is 0 Å². The minimum absolute atomic E-state index is 0.213. The summed E-state index contributed by atoms with van der Waals surface area (Å²) in [5.41, 5.74) is 0. The van der Waals surface area contributed by atoms with Crippen molar-refractivity contribution in [2.24, 2.45) is 0 Å². The van der Waals surface area contributed by atoms with Crippen LogP contribution in [-0.2, 0) is 27.2 Å². The standard InChI is InChI=1S/C10H20O7P2/c1-6-7-8-9-10(11,18(12,14-2)15-3)19(13,16-4)17-5/h1,11H,7-9H2,2-5H3. The highest BCUT2D eigenvalue weighted by atomic mass is 31.2. The molecule has 9 heteroatoms. The van der Waals surface area contributed by atoms with Gasteiger partial charge in [-0.05, 0) is 6.42 Å². The van der Waals surface area contributed by atoms with Crippen molar-refractivity contribution < 1.29 is 32.3 Å². The third-order valence-corrected chi connectivity index (χ3v) is 8.27. The lowest BCUT2D eigenvalue weighted by Crippen LogP contribution is -2.31. The van der Waals surface area contributed by atoms with Crippen LogP contribution in [0.15, 0.2) is 0 Å². The van der Waals surface area contributed by atoms with E-state index in [1.54, 1.807) is 0 Å². The van der Waals surface area contributed by atoms with Gasteiger partial charge in [0.2, 0.25) is 0 Å². The highest BCUT2D eigenvalue weighted by molar-refractivity contribution is 7.73. The monoisotopic (exact) mass is 314 g/mol. The Labute approximate surface area is 113 Å². The average Bonchev–Trinajstić information content (AvgIpc) is 2.45. The largest absolute Gasteiger partial charge is 0.374 e. The minimum atomic E-state index is -4.12. The second-order valence-electron chi connectivity index (χ2n) is 3.56. The molecule has 0 radical (unpaired) electrons. The average molecular weight is 314 g/mol. The molecule has 112 valence electrons. The van der Waals surface area contributed by atoms with Gasteiger partial charge in [0.1, 0.15) is 0 Å². The van der Waals surface area contributed by atoms with Gasteiger partial charge in [-0.15, -0.1) is 12.3 Å². The first-order valence-electron chi connectivity index (χ1n) is 5.40. The van der Waals surface area contributed by atoms with Crippen molar-refractivity contribution in [1.29, 1.82) is 0 Å². The molecular weight excluding hydrogens is 294 g/mol. The minimum Gasteiger partial charge on any atom is -0.368 e. The molecule has 0 fully saturated rings. The molecule has 19 heavy (non-hydrogen) atoms. The van der Waals surface area contributed by atoms with E-state index in [0.717, 1.165) is 28.4 Å². The Balaban J connectivity index is 5.67. The van der Waals surface area contributed by atoms with E-state index < -0.39 is 20.3 Å². The van der Waals surface area contributed by atoms with E-state index in [4.69, 9.17) is 24.5 Å². The zero-order valence-corrected chi connectivity index (χ0v) is 13.3. The van der Waals surface area contributed by atoms with Crippen molar-refractivity contribution in [3.05, 3.63) is 0 Å². The van der Waals surface area contributed by atoms with Crippen LogP contribution < -0.4 is 0 Å². The maximum absolute atomic E-state index is 12.5. The van der Waals surface area contributed by atoms with Crippen LogP contribution in [0.25, 0.3) is 0 Å². The summed E-state index contributed by atoms with van der Waals surface area (Å²) in [5.74, 6) is 2.36. The fraction of sp³-hybridized carbons (Fsp3) is 0.800.